The number of carbonyl (C=O) groups excluding carboxylic acids is 4. The van der Waals surface area contributed by atoms with Gasteiger partial charge in [-0.15, -0.1) is 0 Å². The van der Waals surface area contributed by atoms with Crippen molar-refractivity contribution in [3.8, 4) is 5.75 Å². The molecule has 2 aromatic carbocycles. The summed E-state index contributed by atoms with van der Waals surface area (Å²) in [5.74, 6) is -0.742. The molecule has 1 saturated carbocycles. The Kier molecular flexibility index (Phi) is 6.30. The summed E-state index contributed by atoms with van der Waals surface area (Å²) in [4.78, 5) is 51.8. The van der Waals surface area contributed by atoms with Crippen LogP contribution in [0.15, 0.2) is 48.5 Å². The SMILES string of the molecule is COc1cccc(NC(=O)c2ccccc2NC(=O)CN2C(=O)NC3(CCCCC3)C2=O)c1. The molecule has 0 radical (unpaired) electrons. The van der Waals surface area contributed by atoms with Crippen LogP contribution in [0, 0.1) is 0 Å². The topological polar surface area (TPSA) is 117 Å². The van der Waals surface area contributed by atoms with Crippen LogP contribution >= 0.6 is 0 Å². The fraction of sp³-hybridized carbons (Fsp3) is 0.333. The summed E-state index contributed by atoms with van der Waals surface area (Å²) in [7, 11) is 1.53. The highest BCUT2D eigenvalue weighted by Crippen LogP contribution is 2.33. The maximum absolute atomic E-state index is 12.9. The predicted octanol–water partition coefficient (Wildman–Crippen LogP) is 3.14. The molecule has 9 nitrogen and oxygen atoms in total. The second kappa shape index (κ2) is 9.32. The van der Waals surface area contributed by atoms with Crippen LogP contribution in [0.3, 0.4) is 0 Å². The number of benzene rings is 2. The molecule has 5 amide bonds. The second-order valence-electron chi connectivity index (χ2n) is 8.24. The smallest absolute Gasteiger partial charge is 0.325 e. The van der Waals surface area contributed by atoms with Gasteiger partial charge in [-0.25, -0.2) is 4.79 Å². The van der Waals surface area contributed by atoms with E-state index in [9.17, 15) is 19.2 Å². The van der Waals surface area contributed by atoms with Gasteiger partial charge >= 0.3 is 6.03 Å². The first-order valence-corrected chi connectivity index (χ1v) is 10.9. The molecule has 2 aromatic rings. The Labute approximate surface area is 191 Å². The molecule has 3 N–H and O–H groups in total. The number of hydrogen-bond acceptors (Lipinski definition) is 5. The molecule has 2 aliphatic rings. The number of rotatable bonds is 6. The summed E-state index contributed by atoms with van der Waals surface area (Å²) in [5.41, 5.74) is 0.180. The van der Waals surface area contributed by atoms with E-state index in [1.807, 2.05) is 0 Å². The van der Waals surface area contributed by atoms with Crippen molar-refractivity contribution in [1.82, 2.24) is 10.2 Å². The summed E-state index contributed by atoms with van der Waals surface area (Å²) < 4.78 is 5.17. The van der Waals surface area contributed by atoms with Gasteiger partial charge in [0.25, 0.3) is 11.8 Å². The summed E-state index contributed by atoms with van der Waals surface area (Å²) >= 11 is 0. The number of amides is 5. The third-order valence-electron chi connectivity index (χ3n) is 6.03. The number of para-hydroxylation sites is 1. The van der Waals surface area contributed by atoms with E-state index in [0.29, 0.717) is 24.3 Å². The Hall–Kier alpha value is -3.88. The summed E-state index contributed by atoms with van der Waals surface area (Å²) in [5, 5.41) is 8.22. The Balaban J connectivity index is 1.44. The first-order chi connectivity index (χ1) is 15.9. The van der Waals surface area contributed by atoms with Gasteiger partial charge in [0.2, 0.25) is 5.91 Å². The number of nitrogens with one attached hydrogen (secondary N) is 3. The highest BCUT2D eigenvalue weighted by molar-refractivity contribution is 6.12. The van der Waals surface area contributed by atoms with Gasteiger partial charge in [-0.1, -0.05) is 37.5 Å². The molecule has 0 unspecified atom stereocenters. The van der Waals surface area contributed by atoms with Gasteiger partial charge in [0, 0.05) is 11.8 Å². The highest BCUT2D eigenvalue weighted by Gasteiger charge is 2.51. The third kappa shape index (κ3) is 4.67. The Bertz CT molecular complexity index is 1090. The molecular formula is C24H26N4O5. The fourth-order valence-electron chi connectivity index (χ4n) is 4.34. The molecule has 1 heterocycles. The Morgan fingerprint density at radius 3 is 2.55 bits per heavy atom. The van der Waals surface area contributed by atoms with Crippen LogP contribution in [-0.4, -0.2) is 47.8 Å². The lowest BCUT2D eigenvalue weighted by atomic mass is 9.82. The lowest BCUT2D eigenvalue weighted by Crippen LogP contribution is -2.48. The van der Waals surface area contributed by atoms with Gasteiger partial charge < -0.3 is 20.7 Å². The van der Waals surface area contributed by atoms with E-state index in [2.05, 4.69) is 16.0 Å². The van der Waals surface area contributed by atoms with E-state index in [-0.39, 0.29) is 17.2 Å². The molecule has 1 saturated heterocycles. The van der Waals surface area contributed by atoms with Crippen molar-refractivity contribution in [3.63, 3.8) is 0 Å². The van der Waals surface area contributed by atoms with Gasteiger partial charge in [0.1, 0.15) is 17.8 Å². The summed E-state index contributed by atoms with van der Waals surface area (Å²) in [6, 6.07) is 12.9. The molecule has 0 atom stereocenters. The number of carbonyl (C=O) groups is 4. The van der Waals surface area contributed by atoms with Crippen LogP contribution in [0.4, 0.5) is 16.2 Å². The van der Waals surface area contributed by atoms with E-state index >= 15 is 0 Å². The van der Waals surface area contributed by atoms with E-state index in [1.54, 1.807) is 48.5 Å². The molecule has 2 fully saturated rings. The maximum Gasteiger partial charge on any atom is 0.325 e. The number of methoxy groups -OCH3 is 1. The van der Waals surface area contributed by atoms with Crippen molar-refractivity contribution in [2.24, 2.45) is 0 Å². The lowest BCUT2D eigenvalue weighted by molar-refractivity contribution is -0.134. The van der Waals surface area contributed by atoms with Gasteiger partial charge in [-0.05, 0) is 37.1 Å². The largest absolute Gasteiger partial charge is 0.497 e. The second-order valence-corrected chi connectivity index (χ2v) is 8.24. The third-order valence-corrected chi connectivity index (χ3v) is 6.03. The summed E-state index contributed by atoms with van der Waals surface area (Å²) in [6.07, 6.45) is 3.93. The molecule has 9 heteroatoms. The van der Waals surface area contributed by atoms with E-state index in [0.717, 1.165) is 24.2 Å². The number of anilines is 2. The van der Waals surface area contributed by atoms with E-state index < -0.39 is 29.9 Å². The molecule has 1 spiro atoms. The van der Waals surface area contributed by atoms with Gasteiger partial charge in [-0.2, -0.15) is 0 Å². The van der Waals surface area contributed by atoms with Crippen LogP contribution < -0.4 is 20.7 Å². The van der Waals surface area contributed by atoms with Crippen LogP contribution in [0.25, 0.3) is 0 Å². The van der Waals surface area contributed by atoms with Gasteiger partial charge in [-0.3, -0.25) is 19.3 Å². The van der Waals surface area contributed by atoms with Crippen molar-refractivity contribution in [2.45, 2.75) is 37.6 Å². The predicted molar refractivity (Wildman–Crippen MR) is 122 cm³/mol. The average molecular weight is 450 g/mol. The number of urea groups is 1. The molecule has 4 rings (SSSR count). The molecule has 0 bridgehead atoms. The van der Waals surface area contributed by atoms with Crippen LogP contribution in [0.5, 0.6) is 5.75 Å². The minimum Gasteiger partial charge on any atom is -0.497 e. The Morgan fingerprint density at radius 1 is 1.03 bits per heavy atom. The molecule has 0 aromatic heterocycles. The number of imide groups is 1. The fourth-order valence-corrected chi connectivity index (χ4v) is 4.34. The van der Waals surface area contributed by atoms with Crippen molar-refractivity contribution < 1.29 is 23.9 Å². The van der Waals surface area contributed by atoms with Crippen molar-refractivity contribution in [2.75, 3.05) is 24.3 Å². The summed E-state index contributed by atoms with van der Waals surface area (Å²) in [6.45, 7) is -0.418. The molecule has 1 aliphatic carbocycles. The van der Waals surface area contributed by atoms with Crippen LogP contribution in [0.2, 0.25) is 0 Å². The van der Waals surface area contributed by atoms with Crippen LogP contribution in [0.1, 0.15) is 42.5 Å². The zero-order valence-corrected chi connectivity index (χ0v) is 18.3. The van der Waals surface area contributed by atoms with Crippen molar-refractivity contribution in [3.05, 3.63) is 54.1 Å². The van der Waals surface area contributed by atoms with E-state index in [4.69, 9.17) is 4.74 Å². The standard InChI is InChI=1S/C24H26N4O5/c1-33-17-9-7-8-16(14-17)25-21(30)18-10-3-4-11-19(18)26-20(29)15-28-22(31)24(27-23(28)32)12-5-2-6-13-24/h3-4,7-11,14H,2,5-6,12-13,15H2,1H3,(H,25,30)(H,26,29)(H,27,32). The van der Waals surface area contributed by atoms with Crippen molar-refractivity contribution in [1.29, 1.82) is 0 Å². The normalized spacial score (nSPS) is 16.9. The first-order valence-electron chi connectivity index (χ1n) is 10.9. The van der Waals surface area contributed by atoms with Crippen molar-refractivity contribution >= 4 is 35.1 Å². The average Bonchev–Trinajstić information content (AvgIpc) is 3.03. The zero-order valence-electron chi connectivity index (χ0n) is 18.3. The minimum absolute atomic E-state index is 0.245. The Morgan fingerprint density at radius 2 is 1.79 bits per heavy atom. The number of ether oxygens (including phenoxy) is 1. The monoisotopic (exact) mass is 450 g/mol. The number of hydrogen-bond donors (Lipinski definition) is 3. The van der Waals surface area contributed by atoms with Crippen LogP contribution in [-0.2, 0) is 9.59 Å². The maximum atomic E-state index is 12.9. The quantitative estimate of drug-likeness (QED) is 0.585. The molecule has 1 aliphatic heterocycles. The molecular weight excluding hydrogens is 424 g/mol. The van der Waals surface area contributed by atoms with Gasteiger partial charge in [0.15, 0.2) is 0 Å². The molecule has 172 valence electrons. The van der Waals surface area contributed by atoms with Gasteiger partial charge in [0.05, 0.1) is 18.4 Å². The highest BCUT2D eigenvalue weighted by atomic mass is 16.5. The zero-order chi connectivity index (χ0) is 23.4. The van der Waals surface area contributed by atoms with E-state index in [1.165, 1.54) is 7.11 Å². The molecule has 33 heavy (non-hydrogen) atoms. The first kappa shape index (κ1) is 22.3. The number of nitrogens with zero attached hydrogens (tertiary/aromatic N) is 1. The minimum atomic E-state index is -0.885. The lowest BCUT2D eigenvalue weighted by Gasteiger charge is -2.30.